The van der Waals surface area contributed by atoms with E-state index in [4.69, 9.17) is 16.7 Å². The molecule has 2 amide bonds. The number of pyridine rings is 1. The third-order valence-corrected chi connectivity index (χ3v) is 3.34. The second-order valence-electron chi connectivity index (χ2n) is 5.03. The zero-order valence-electron chi connectivity index (χ0n) is 12.8. The van der Waals surface area contributed by atoms with Crippen LogP contribution in [0.5, 0.6) is 0 Å². The lowest BCUT2D eigenvalue weighted by molar-refractivity contribution is -0.118. The van der Waals surface area contributed by atoms with Crippen LogP contribution in [0.15, 0.2) is 36.5 Å². The van der Waals surface area contributed by atoms with Crippen molar-refractivity contribution in [3.05, 3.63) is 65.2 Å². The van der Waals surface area contributed by atoms with Gasteiger partial charge in [0.15, 0.2) is 0 Å². The molecule has 2 rings (SSSR count). The number of rotatable bonds is 6. The second-order valence-corrected chi connectivity index (χ2v) is 5.03. The van der Waals surface area contributed by atoms with Gasteiger partial charge in [-0.15, -0.1) is 0 Å². The zero-order valence-corrected chi connectivity index (χ0v) is 12.8. The van der Waals surface area contributed by atoms with Gasteiger partial charge in [0.1, 0.15) is 5.82 Å². The van der Waals surface area contributed by atoms with Gasteiger partial charge in [-0.1, -0.05) is 18.2 Å². The molecule has 0 saturated heterocycles. The van der Waals surface area contributed by atoms with Crippen LogP contribution in [0, 0.1) is 17.8 Å². The number of aromatic nitrogens is 1. The van der Waals surface area contributed by atoms with Gasteiger partial charge in [0, 0.05) is 12.7 Å². The molecule has 1 radical (unpaired) electrons. The molecular weight excluding hydrogens is 306 g/mol. The standard InChI is InChI=1S/C17H16N5O2/c18-8-13-3-1-2-12(16(13)17(20)24)5-7-15(23)22-10-11-4-6-14(19)21-9-11/h1-4,6-7,9H,5,10H2,(H2,19,21)(H2,20,24)(H,22,23). The van der Waals surface area contributed by atoms with Gasteiger partial charge in [0.2, 0.25) is 11.8 Å². The minimum absolute atomic E-state index is 0.145. The Morgan fingerprint density at radius 3 is 2.71 bits per heavy atom. The summed E-state index contributed by atoms with van der Waals surface area (Å²) < 4.78 is 0. The summed E-state index contributed by atoms with van der Waals surface area (Å²) in [6.07, 6.45) is 3.17. The number of benzene rings is 1. The lowest BCUT2D eigenvalue weighted by Gasteiger charge is -2.09. The summed E-state index contributed by atoms with van der Waals surface area (Å²) in [6, 6.07) is 10.2. The van der Waals surface area contributed by atoms with Gasteiger partial charge in [-0.2, -0.15) is 5.26 Å². The van der Waals surface area contributed by atoms with E-state index in [0.717, 1.165) is 5.56 Å². The van der Waals surface area contributed by atoms with Crippen LogP contribution in [0.3, 0.4) is 0 Å². The number of amides is 2. The Morgan fingerprint density at radius 2 is 2.08 bits per heavy atom. The van der Waals surface area contributed by atoms with Crippen molar-refractivity contribution in [3.63, 3.8) is 0 Å². The molecule has 0 unspecified atom stereocenters. The number of hydrogen-bond acceptors (Lipinski definition) is 5. The number of nitrogen functional groups attached to an aromatic ring is 1. The molecule has 0 atom stereocenters. The largest absolute Gasteiger partial charge is 0.384 e. The summed E-state index contributed by atoms with van der Waals surface area (Å²) in [5, 5.41) is 11.7. The summed E-state index contributed by atoms with van der Waals surface area (Å²) in [6.45, 7) is 0.309. The van der Waals surface area contributed by atoms with E-state index in [1.54, 1.807) is 30.5 Å². The van der Waals surface area contributed by atoms with Crippen LogP contribution in [0.2, 0.25) is 0 Å². The minimum atomic E-state index is -0.691. The highest BCUT2D eigenvalue weighted by molar-refractivity contribution is 5.97. The molecule has 0 spiro atoms. The third-order valence-electron chi connectivity index (χ3n) is 3.34. The van der Waals surface area contributed by atoms with E-state index in [1.165, 1.54) is 12.5 Å². The Kier molecular flexibility index (Phi) is 5.47. The predicted octanol–water partition coefficient (Wildman–Crippen LogP) is 0.698. The van der Waals surface area contributed by atoms with Crippen LogP contribution >= 0.6 is 0 Å². The Bertz CT molecular complexity index is 794. The van der Waals surface area contributed by atoms with Crippen molar-refractivity contribution in [2.24, 2.45) is 5.73 Å². The fraction of sp³-hybridized carbons (Fsp3) is 0.118. The van der Waals surface area contributed by atoms with Gasteiger partial charge in [-0.3, -0.25) is 9.59 Å². The molecule has 2 aromatic rings. The van der Waals surface area contributed by atoms with Crippen LogP contribution in [0.4, 0.5) is 5.82 Å². The zero-order chi connectivity index (χ0) is 17.5. The van der Waals surface area contributed by atoms with E-state index in [-0.39, 0.29) is 23.5 Å². The van der Waals surface area contributed by atoms with E-state index in [0.29, 0.717) is 17.9 Å². The van der Waals surface area contributed by atoms with Crippen molar-refractivity contribution in [1.29, 1.82) is 5.26 Å². The first-order valence-corrected chi connectivity index (χ1v) is 7.14. The van der Waals surface area contributed by atoms with E-state index in [2.05, 4.69) is 10.3 Å². The van der Waals surface area contributed by atoms with E-state index < -0.39 is 5.91 Å². The molecule has 1 aromatic heterocycles. The maximum Gasteiger partial charge on any atom is 0.250 e. The first kappa shape index (κ1) is 17.0. The Morgan fingerprint density at radius 1 is 1.29 bits per heavy atom. The van der Waals surface area contributed by atoms with Crippen molar-refractivity contribution in [2.75, 3.05) is 5.73 Å². The average Bonchev–Trinajstić information content (AvgIpc) is 2.58. The minimum Gasteiger partial charge on any atom is -0.384 e. The number of nitriles is 1. The molecular formula is C17H16N5O2. The number of primary amides is 1. The summed E-state index contributed by atoms with van der Waals surface area (Å²) in [4.78, 5) is 27.4. The Hall–Kier alpha value is -3.40. The van der Waals surface area contributed by atoms with Gasteiger partial charge < -0.3 is 16.8 Å². The number of anilines is 1. The molecule has 0 saturated carbocycles. The summed E-state index contributed by atoms with van der Waals surface area (Å²) in [7, 11) is 0. The van der Waals surface area contributed by atoms with Crippen LogP contribution in [0.1, 0.15) is 27.0 Å². The molecule has 0 bridgehead atoms. The maximum atomic E-state index is 11.9. The van der Waals surface area contributed by atoms with Crippen LogP contribution in [0.25, 0.3) is 0 Å². The van der Waals surface area contributed by atoms with E-state index >= 15 is 0 Å². The van der Waals surface area contributed by atoms with E-state index in [1.807, 2.05) is 6.07 Å². The molecule has 0 aliphatic heterocycles. The average molecular weight is 322 g/mol. The smallest absolute Gasteiger partial charge is 0.250 e. The van der Waals surface area contributed by atoms with Crippen molar-refractivity contribution >= 4 is 17.6 Å². The molecule has 1 heterocycles. The van der Waals surface area contributed by atoms with Crippen molar-refractivity contribution < 1.29 is 9.59 Å². The predicted molar refractivity (Wildman–Crippen MR) is 88.2 cm³/mol. The molecule has 0 aliphatic carbocycles. The second kappa shape index (κ2) is 7.74. The normalized spacial score (nSPS) is 9.96. The van der Waals surface area contributed by atoms with Gasteiger partial charge in [0.25, 0.3) is 0 Å². The molecule has 0 aliphatic rings. The fourth-order valence-corrected chi connectivity index (χ4v) is 2.16. The molecule has 7 nitrogen and oxygen atoms in total. The Balaban J connectivity index is 1.96. The number of carbonyl (C=O) groups is 2. The van der Waals surface area contributed by atoms with Crippen LogP contribution < -0.4 is 16.8 Å². The number of hydrogen-bond donors (Lipinski definition) is 3. The highest BCUT2D eigenvalue weighted by atomic mass is 16.1. The molecule has 5 N–H and O–H groups in total. The lowest BCUT2D eigenvalue weighted by atomic mass is 9.97. The monoisotopic (exact) mass is 322 g/mol. The molecule has 1 aromatic carbocycles. The molecule has 121 valence electrons. The number of nitrogens with two attached hydrogens (primary N) is 2. The number of nitrogens with one attached hydrogen (secondary N) is 1. The summed E-state index contributed by atoms with van der Waals surface area (Å²) >= 11 is 0. The molecule has 24 heavy (non-hydrogen) atoms. The summed E-state index contributed by atoms with van der Waals surface area (Å²) in [5.41, 5.74) is 12.5. The van der Waals surface area contributed by atoms with Crippen molar-refractivity contribution in [1.82, 2.24) is 10.3 Å². The van der Waals surface area contributed by atoms with Crippen molar-refractivity contribution in [3.8, 4) is 6.07 Å². The number of nitrogens with zero attached hydrogens (tertiary/aromatic N) is 2. The molecule has 0 fully saturated rings. The first-order chi connectivity index (χ1) is 11.5. The highest BCUT2D eigenvalue weighted by Gasteiger charge is 2.14. The fourth-order valence-electron chi connectivity index (χ4n) is 2.16. The van der Waals surface area contributed by atoms with Gasteiger partial charge in [0.05, 0.1) is 23.6 Å². The van der Waals surface area contributed by atoms with Gasteiger partial charge in [-0.05, 0) is 29.7 Å². The SMILES string of the molecule is N#Cc1cccc(C[CH]C(=O)NCc2ccc(N)nc2)c1C(N)=O. The first-order valence-electron chi connectivity index (χ1n) is 7.14. The van der Waals surface area contributed by atoms with Crippen LogP contribution in [-0.4, -0.2) is 16.8 Å². The lowest BCUT2D eigenvalue weighted by Crippen LogP contribution is -2.24. The van der Waals surface area contributed by atoms with Gasteiger partial charge in [-0.25, -0.2) is 4.98 Å². The van der Waals surface area contributed by atoms with Crippen LogP contribution in [-0.2, 0) is 17.8 Å². The van der Waals surface area contributed by atoms with E-state index in [9.17, 15) is 9.59 Å². The molecule has 7 heteroatoms. The third kappa shape index (κ3) is 4.30. The van der Waals surface area contributed by atoms with Crippen molar-refractivity contribution in [2.45, 2.75) is 13.0 Å². The maximum absolute atomic E-state index is 11.9. The topological polar surface area (TPSA) is 135 Å². The summed E-state index contributed by atoms with van der Waals surface area (Å²) in [5.74, 6) is -0.582. The number of carbonyl (C=O) groups excluding carboxylic acids is 2. The Labute approximate surface area is 139 Å². The highest BCUT2D eigenvalue weighted by Crippen LogP contribution is 2.15. The van der Waals surface area contributed by atoms with Gasteiger partial charge >= 0.3 is 0 Å². The quantitative estimate of drug-likeness (QED) is 0.719.